The lowest BCUT2D eigenvalue weighted by Crippen LogP contribution is -2.13. The van der Waals surface area contributed by atoms with Gasteiger partial charge in [0.25, 0.3) is 0 Å². The van der Waals surface area contributed by atoms with Crippen LogP contribution in [-0.2, 0) is 9.53 Å². The first kappa shape index (κ1) is 12.4. The summed E-state index contributed by atoms with van der Waals surface area (Å²) in [6, 6.07) is 3.74. The molecule has 0 saturated heterocycles. The fourth-order valence-electron chi connectivity index (χ4n) is 1.17. The Morgan fingerprint density at radius 3 is 2.81 bits per heavy atom. The highest BCUT2D eigenvalue weighted by Crippen LogP contribution is 2.25. The van der Waals surface area contributed by atoms with Gasteiger partial charge >= 0.3 is 5.97 Å². The molecule has 0 aliphatic rings. The first-order chi connectivity index (χ1) is 7.54. The van der Waals surface area contributed by atoms with Crippen LogP contribution in [0.4, 0.5) is 4.39 Å². The van der Waals surface area contributed by atoms with Gasteiger partial charge in [-0.05, 0) is 19.1 Å². The molecule has 16 heavy (non-hydrogen) atoms. The molecule has 0 aromatic heterocycles. The Morgan fingerprint density at radius 1 is 1.56 bits per heavy atom. The van der Waals surface area contributed by atoms with E-state index in [1.54, 1.807) is 0 Å². The summed E-state index contributed by atoms with van der Waals surface area (Å²) in [7, 11) is 1.23. The molecule has 0 heterocycles. The molecule has 1 aromatic carbocycles. The smallest absolute Gasteiger partial charge is 0.343 e. The van der Waals surface area contributed by atoms with E-state index in [-0.39, 0.29) is 12.4 Å². The SMILES string of the molecule is COC(=O)COc1cc(F)ccc1[C@H](C)O. The van der Waals surface area contributed by atoms with Crippen molar-refractivity contribution in [3.8, 4) is 5.75 Å². The van der Waals surface area contributed by atoms with Gasteiger partial charge in [-0.15, -0.1) is 0 Å². The van der Waals surface area contributed by atoms with Gasteiger partial charge in [0.2, 0.25) is 0 Å². The number of rotatable bonds is 4. The van der Waals surface area contributed by atoms with Gasteiger partial charge in [-0.2, -0.15) is 0 Å². The van der Waals surface area contributed by atoms with E-state index in [9.17, 15) is 14.3 Å². The normalized spacial score (nSPS) is 12.0. The zero-order valence-corrected chi connectivity index (χ0v) is 9.07. The lowest BCUT2D eigenvalue weighted by molar-refractivity contribution is -0.142. The molecule has 1 rings (SSSR count). The van der Waals surface area contributed by atoms with Gasteiger partial charge in [0.1, 0.15) is 11.6 Å². The van der Waals surface area contributed by atoms with Gasteiger partial charge in [0.05, 0.1) is 13.2 Å². The Kier molecular flexibility index (Phi) is 4.25. The van der Waals surface area contributed by atoms with E-state index >= 15 is 0 Å². The maximum absolute atomic E-state index is 12.9. The number of methoxy groups -OCH3 is 1. The van der Waals surface area contributed by atoms with Crippen LogP contribution >= 0.6 is 0 Å². The van der Waals surface area contributed by atoms with E-state index in [2.05, 4.69) is 4.74 Å². The minimum atomic E-state index is -0.798. The average Bonchev–Trinajstić information content (AvgIpc) is 2.25. The second-order valence-corrected chi connectivity index (χ2v) is 3.22. The third-order valence-corrected chi connectivity index (χ3v) is 2.00. The number of aliphatic hydroxyl groups is 1. The second kappa shape index (κ2) is 5.46. The van der Waals surface area contributed by atoms with Gasteiger partial charge in [0, 0.05) is 11.6 Å². The van der Waals surface area contributed by atoms with Crippen molar-refractivity contribution >= 4 is 5.97 Å². The molecule has 0 radical (unpaired) electrons. The van der Waals surface area contributed by atoms with Crippen molar-refractivity contribution in [3.05, 3.63) is 29.6 Å². The largest absolute Gasteiger partial charge is 0.481 e. The molecule has 0 amide bonds. The maximum Gasteiger partial charge on any atom is 0.343 e. The zero-order valence-electron chi connectivity index (χ0n) is 9.07. The molecule has 88 valence electrons. The first-order valence-corrected chi connectivity index (χ1v) is 4.71. The number of benzene rings is 1. The first-order valence-electron chi connectivity index (χ1n) is 4.71. The molecule has 5 heteroatoms. The fourth-order valence-corrected chi connectivity index (χ4v) is 1.17. The van der Waals surface area contributed by atoms with Gasteiger partial charge < -0.3 is 14.6 Å². The van der Waals surface area contributed by atoms with Gasteiger partial charge in [-0.1, -0.05) is 0 Å². The molecule has 1 aromatic rings. The molecule has 4 nitrogen and oxygen atoms in total. The molecule has 0 bridgehead atoms. The summed E-state index contributed by atoms with van der Waals surface area (Å²) in [5, 5.41) is 9.40. The van der Waals surface area contributed by atoms with E-state index < -0.39 is 17.9 Å². The van der Waals surface area contributed by atoms with Crippen LogP contribution in [0.15, 0.2) is 18.2 Å². The molecule has 0 aliphatic carbocycles. The van der Waals surface area contributed by atoms with Crippen LogP contribution in [-0.4, -0.2) is 24.8 Å². The minimum absolute atomic E-state index is 0.139. The molecule has 0 unspecified atom stereocenters. The number of halogens is 1. The fraction of sp³-hybridized carbons (Fsp3) is 0.364. The van der Waals surface area contributed by atoms with Crippen molar-refractivity contribution in [3.63, 3.8) is 0 Å². The van der Waals surface area contributed by atoms with Crippen LogP contribution in [0.1, 0.15) is 18.6 Å². The maximum atomic E-state index is 12.9. The predicted molar refractivity (Wildman–Crippen MR) is 54.5 cm³/mol. The van der Waals surface area contributed by atoms with Gasteiger partial charge in [-0.3, -0.25) is 0 Å². The van der Waals surface area contributed by atoms with E-state index in [1.165, 1.54) is 26.2 Å². The van der Waals surface area contributed by atoms with Crippen LogP contribution in [0.2, 0.25) is 0 Å². The Balaban J connectivity index is 2.84. The Morgan fingerprint density at radius 2 is 2.25 bits per heavy atom. The lowest BCUT2D eigenvalue weighted by atomic mass is 10.1. The van der Waals surface area contributed by atoms with Crippen LogP contribution in [0.3, 0.4) is 0 Å². The molecule has 0 aliphatic heterocycles. The molecule has 1 atom stereocenters. The molecular formula is C11H13FO4. The minimum Gasteiger partial charge on any atom is -0.481 e. The summed E-state index contributed by atoms with van der Waals surface area (Å²) >= 11 is 0. The third-order valence-electron chi connectivity index (χ3n) is 2.00. The number of aliphatic hydroxyl groups excluding tert-OH is 1. The van der Waals surface area contributed by atoms with Crippen LogP contribution in [0, 0.1) is 5.82 Å². The molecule has 0 fully saturated rings. The summed E-state index contributed by atoms with van der Waals surface area (Å²) < 4.78 is 22.4. The summed E-state index contributed by atoms with van der Waals surface area (Å²) in [4.78, 5) is 10.8. The summed E-state index contributed by atoms with van der Waals surface area (Å²) in [5.41, 5.74) is 0.422. The Bertz CT molecular complexity index is 376. The number of hydrogen-bond acceptors (Lipinski definition) is 4. The van der Waals surface area contributed by atoms with E-state index in [0.717, 1.165) is 6.07 Å². The summed E-state index contributed by atoms with van der Waals surface area (Å²) in [5.74, 6) is -0.925. The van der Waals surface area contributed by atoms with Crippen molar-refractivity contribution in [2.24, 2.45) is 0 Å². The second-order valence-electron chi connectivity index (χ2n) is 3.22. The monoisotopic (exact) mass is 228 g/mol. The highest BCUT2D eigenvalue weighted by atomic mass is 19.1. The standard InChI is InChI=1S/C11H13FO4/c1-7(13)9-4-3-8(12)5-10(9)16-6-11(14)15-2/h3-5,7,13H,6H2,1-2H3/t7-/m0/s1. The summed E-state index contributed by atoms with van der Waals surface area (Å²) in [6.07, 6.45) is -0.798. The van der Waals surface area contributed by atoms with Crippen LogP contribution < -0.4 is 4.74 Å². The number of carbonyl (C=O) groups excluding carboxylic acids is 1. The number of hydrogen-bond donors (Lipinski definition) is 1. The van der Waals surface area contributed by atoms with Crippen molar-refractivity contribution < 1.29 is 23.8 Å². The van der Waals surface area contributed by atoms with E-state index in [0.29, 0.717) is 5.56 Å². The molecule has 0 saturated carbocycles. The highest BCUT2D eigenvalue weighted by molar-refractivity contribution is 5.70. The van der Waals surface area contributed by atoms with Crippen molar-refractivity contribution in [1.29, 1.82) is 0 Å². The Labute approximate surface area is 92.6 Å². The molecular weight excluding hydrogens is 215 g/mol. The van der Waals surface area contributed by atoms with Gasteiger partial charge in [0.15, 0.2) is 6.61 Å². The predicted octanol–water partition coefficient (Wildman–Crippen LogP) is 1.43. The quantitative estimate of drug-likeness (QED) is 0.792. The zero-order chi connectivity index (χ0) is 12.1. The Hall–Kier alpha value is -1.62. The van der Waals surface area contributed by atoms with Crippen molar-refractivity contribution in [2.75, 3.05) is 13.7 Å². The van der Waals surface area contributed by atoms with Gasteiger partial charge in [-0.25, -0.2) is 9.18 Å². The molecule has 0 spiro atoms. The third kappa shape index (κ3) is 3.20. The highest BCUT2D eigenvalue weighted by Gasteiger charge is 2.11. The van der Waals surface area contributed by atoms with E-state index in [4.69, 9.17) is 4.74 Å². The topological polar surface area (TPSA) is 55.8 Å². The van der Waals surface area contributed by atoms with Crippen molar-refractivity contribution in [1.82, 2.24) is 0 Å². The van der Waals surface area contributed by atoms with Crippen LogP contribution in [0.5, 0.6) is 5.75 Å². The number of ether oxygens (including phenoxy) is 2. The van der Waals surface area contributed by atoms with E-state index in [1.807, 2.05) is 0 Å². The van der Waals surface area contributed by atoms with Crippen LogP contribution in [0.25, 0.3) is 0 Å². The number of carbonyl (C=O) groups is 1. The summed E-state index contributed by atoms with van der Waals surface area (Å²) in [6.45, 7) is 1.21. The lowest BCUT2D eigenvalue weighted by Gasteiger charge is -2.12. The average molecular weight is 228 g/mol. The molecule has 1 N–H and O–H groups in total. The number of esters is 1. The van der Waals surface area contributed by atoms with Crippen molar-refractivity contribution in [2.45, 2.75) is 13.0 Å².